The van der Waals surface area contributed by atoms with E-state index in [0.717, 1.165) is 29.1 Å². The van der Waals surface area contributed by atoms with E-state index in [1.54, 1.807) is 6.33 Å². The van der Waals surface area contributed by atoms with E-state index in [9.17, 15) is 0 Å². The average Bonchev–Trinajstić information content (AvgIpc) is 2.50. The SMILES string of the molecule is CCCNc1ncnc(NC2CCN(CCC)CC2)c1Br. The highest BCUT2D eigenvalue weighted by molar-refractivity contribution is 9.10. The molecule has 0 unspecified atom stereocenters. The van der Waals surface area contributed by atoms with Crippen LogP contribution in [0.3, 0.4) is 0 Å². The summed E-state index contributed by atoms with van der Waals surface area (Å²) in [6.45, 7) is 8.88. The molecule has 0 aromatic carbocycles. The van der Waals surface area contributed by atoms with Crippen LogP contribution in [0.5, 0.6) is 0 Å². The molecule has 0 aliphatic carbocycles. The Morgan fingerprint density at radius 1 is 1.19 bits per heavy atom. The maximum Gasteiger partial charge on any atom is 0.146 e. The predicted octanol–water partition coefficient (Wildman–Crippen LogP) is 3.35. The normalized spacial score (nSPS) is 16.9. The van der Waals surface area contributed by atoms with Crippen LogP contribution in [0.25, 0.3) is 0 Å². The maximum absolute atomic E-state index is 4.37. The summed E-state index contributed by atoms with van der Waals surface area (Å²) < 4.78 is 0.939. The van der Waals surface area contributed by atoms with Gasteiger partial charge in [0.15, 0.2) is 0 Å². The molecule has 1 aliphatic rings. The van der Waals surface area contributed by atoms with E-state index in [1.165, 1.54) is 38.9 Å². The minimum atomic E-state index is 0.503. The third-order valence-corrected chi connectivity index (χ3v) is 4.55. The van der Waals surface area contributed by atoms with Gasteiger partial charge in [0.25, 0.3) is 0 Å². The van der Waals surface area contributed by atoms with Crippen LogP contribution in [0, 0.1) is 0 Å². The Labute approximate surface area is 136 Å². The molecule has 6 heteroatoms. The maximum atomic E-state index is 4.37. The highest BCUT2D eigenvalue weighted by atomic mass is 79.9. The molecule has 2 rings (SSSR count). The minimum absolute atomic E-state index is 0.503. The number of piperidine rings is 1. The van der Waals surface area contributed by atoms with Gasteiger partial charge in [-0.1, -0.05) is 13.8 Å². The van der Waals surface area contributed by atoms with Crippen LogP contribution in [0.1, 0.15) is 39.5 Å². The Hall–Kier alpha value is -0.880. The summed E-state index contributed by atoms with van der Waals surface area (Å²) in [6, 6.07) is 0.503. The van der Waals surface area contributed by atoms with Gasteiger partial charge in [-0.2, -0.15) is 0 Å². The molecule has 1 aromatic heterocycles. The minimum Gasteiger partial charge on any atom is -0.369 e. The lowest BCUT2D eigenvalue weighted by Crippen LogP contribution is -2.39. The van der Waals surface area contributed by atoms with Crippen molar-refractivity contribution in [3.05, 3.63) is 10.8 Å². The highest BCUT2D eigenvalue weighted by Crippen LogP contribution is 2.28. The van der Waals surface area contributed by atoms with Gasteiger partial charge in [0.05, 0.1) is 0 Å². The zero-order valence-electron chi connectivity index (χ0n) is 13.0. The van der Waals surface area contributed by atoms with E-state index >= 15 is 0 Å². The van der Waals surface area contributed by atoms with Gasteiger partial charge in [0.2, 0.25) is 0 Å². The molecular weight excluding hydrogens is 330 g/mol. The highest BCUT2D eigenvalue weighted by Gasteiger charge is 2.20. The number of anilines is 2. The van der Waals surface area contributed by atoms with E-state index in [-0.39, 0.29) is 0 Å². The van der Waals surface area contributed by atoms with Crippen molar-refractivity contribution in [3.8, 4) is 0 Å². The Kier molecular flexibility index (Phi) is 6.70. The second kappa shape index (κ2) is 8.54. The van der Waals surface area contributed by atoms with Crippen molar-refractivity contribution >= 4 is 27.6 Å². The first-order valence-electron chi connectivity index (χ1n) is 7.97. The Morgan fingerprint density at radius 3 is 2.57 bits per heavy atom. The fraction of sp³-hybridized carbons (Fsp3) is 0.733. The lowest BCUT2D eigenvalue weighted by Gasteiger charge is -2.32. The van der Waals surface area contributed by atoms with Crippen LogP contribution < -0.4 is 10.6 Å². The number of hydrogen-bond acceptors (Lipinski definition) is 5. The van der Waals surface area contributed by atoms with Crippen LogP contribution in [-0.2, 0) is 0 Å². The van der Waals surface area contributed by atoms with Gasteiger partial charge in [-0.05, 0) is 48.2 Å². The van der Waals surface area contributed by atoms with Gasteiger partial charge >= 0.3 is 0 Å². The van der Waals surface area contributed by atoms with Crippen molar-refractivity contribution in [2.75, 3.05) is 36.8 Å². The van der Waals surface area contributed by atoms with Gasteiger partial charge in [-0.3, -0.25) is 0 Å². The summed E-state index contributed by atoms with van der Waals surface area (Å²) in [4.78, 5) is 11.2. The molecule has 1 aromatic rings. The number of aromatic nitrogens is 2. The lowest BCUT2D eigenvalue weighted by atomic mass is 10.0. The number of halogens is 1. The number of hydrogen-bond donors (Lipinski definition) is 2. The van der Waals surface area contributed by atoms with E-state index in [2.05, 4.69) is 55.3 Å². The molecule has 2 N–H and O–H groups in total. The van der Waals surface area contributed by atoms with E-state index in [4.69, 9.17) is 0 Å². The summed E-state index contributed by atoms with van der Waals surface area (Å²) in [5, 5.41) is 6.88. The molecule has 0 saturated carbocycles. The molecule has 0 amide bonds. The van der Waals surface area contributed by atoms with Crippen LogP contribution in [0.2, 0.25) is 0 Å². The van der Waals surface area contributed by atoms with E-state index in [1.807, 2.05) is 0 Å². The molecule has 1 aliphatic heterocycles. The molecule has 0 bridgehead atoms. The summed E-state index contributed by atoms with van der Waals surface area (Å²) in [7, 11) is 0. The average molecular weight is 356 g/mol. The molecule has 0 radical (unpaired) electrons. The smallest absolute Gasteiger partial charge is 0.146 e. The molecular formula is C15H26BrN5. The fourth-order valence-electron chi connectivity index (χ4n) is 2.65. The molecule has 2 heterocycles. The summed E-state index contributed by atoms with van der Waals surface area (Å²) in [5.74, 6) is 1.77. The Bertz CT molecular complexity index is 432. The van der Waals surface area contributed by atoms with E-state index in [0.29, 0.717) is 6.04 Å². The lowest BCUT2D eigenvalue weighted by molar-refractivity contribution is 0.219. The number of likely N-dealkylation sites (tertiary alicyclic amines) is 1. The fourth-order valence-corrected chi connectivity index (χ4v) is 3.11. The molecule has 1 saturated heterocycles. The number of nitrogens with one attached hydrogen (secondary N) is 2. The van der Waals surface area contributed by atoms with E-state index < -0.39 is 0 Å². The van der Waals surface area contributed by atoms with Crippen LogP contribution in [-0.4, -0.2) is 47.1 Å². The summed E-state index contributed by atoms with van der Waals surface area (Å²) in [6.07, 6.45) is 6.29. The van der Waals surface area contributed by atoms with Crippen LogP contribution in [0.15, 0.2) is 10.8 Å². The van der Waals surface area contributed by atoms with Gasteiger partial charge < -0.3 is 15.5 Å². The van der Waals surface area contributed by atoms with Gasteiger partial charge in [-0.15, -0.1) is 0 Å². The predicted molar refractivity (Wildman–Crippen MR) is 91.9 cm³/mol. The van der Waals surface area contributed by atoms with Gasteiger partial charge in [-0.25, -0.2) is 9.97 Å². The van der Waals surface area contributed by atoms with Crippen molar-refractivity contribution in [1.82, 2.24) is 14.9 Å². The number of rotatable bonds is 7. The van der Waals surface area contributed by atoms with Gasteiger partial charge in [0.1, 0.15) is 22.4 Å². The van der Waals surface area contributed by atoms with Crippen LogP contribution >= 0.6 is 15.9 Å². The molecule has 1 fully saturated rings. The Morgan fingerprint density at radius 2 is 1.90 bits per heavy atom. The first kappa shape index (κ1) is 16.5. The standard InChI is InChI=1S/C15H26BrN5/c1-3-7-17-14-13(16)15(19-11-18-14)20-12-5-9-21(8-4-2)10-6-12/h11-12H,3-10H2,1-2H3,(H2,17,18,19,20). The molecule has 118 valence electrons. The number of nitrogens with zero attached hydrogens (tertiary/aromatic N) is 3. The van der Waals surface area contributed by atoms with Crippen molar-refractivity contribution in [2.24, 2.45) is 0 Å². The Balaban J connectivity index is 1.91. The second-order valence-electron chi connectivity index (χ2n) is 5.57. The monoisotopic (exact) mass is 355 g/mol. The largest absolute Gasteiger partial charge is 0.369 e. The quantitative estimate of drug-likeness (QED) is 0.785. The third-order valence-electron chi connectivity index (χ3n) is 3.80. The van der Waals surface area contributed by atoms with Crippen molar-refractivity contribution in [1.29, 1.82) is 0 Å². The molecule has 21 heavy (non-hydrogen) atoms. The summed E-state index contributed by atoms with van der Waals surface area (Å²) in [5.41, 5.74) is 0. The topological polar surface area (TPSA) is 53.1 Å². The first-order valence-corrected chi connectivity index (χ1v) is 8.77. The zero-order valence-corrected chi connectivity index (χ0v) is 14.6. The molecule has 0 spiro atoms. The first-order chi connectivity index (χ1) is 10.2. The van der Waals surface area contributed by atoms with Gasteiger partial charge in [0, 0.05) is 25.7 Å². The third kappa shape index (κ3) is 4.81. The van der Waals surface area contributed by atoms with Crippen molar-refractivity contribution < 1.29 is 0 Å². The summed E-state index contributed by atoms with van der Waals surface area (Å²) >= 11 is 3.61. The second-order valence-corrected chi connectivity index (χ2v) is 6.36. The van der Waals surface area contributed by atoms with Crippen LogP contribution in [0.4, 0.5) is 11.6 Å². The molecule has 0 atom stereocenters. The zero-order chi connectivity index (χ0) is 15.1. The van der Waals surface area contributed by atoms with Crippen molar-refractivity contribution in [3.63, 3.8) is 0 Å². The molecule has 5 nitrogen and oxygen atoms in total. The van der Waals surface area contributed by atoms with Crippen molar-refractivity contribution in [2.45, 2.75) is 45.6 Å².